The van der Waals surface area contributed by atoms with Crippen LogP contribution in [-0.2, 0) is 9.53 Å². The minimum Gasteiger partial charge on any atom is -0.481 e. The van der Waals surface area contributed by atoms with Crippen LogP contribution < -0.4 is 0 Å². The average Bonchev–Trinajstić information content (AvgIpc) is 2.00. The van der Waals surface area contributed by atoms with Gasteiger partial charge in [0.1, 0.15) is 0 Å². The molecule has 0 aliphatic carbocycles. The van der Waals surface area contributed by atoms with E-state index in [4.69, 9.17) is 9.84 Å². The first-order chi connectivity index (χ1) is 5.57. The lowest BCUT2D eigenvalue weighted by molar-refractivity contribution is -0.137. The Morgan fingerprint density at radius 2 is 2.25 bits per heavy atom. The van der Waals surface area contributed by atoms with Crippen molar-refractivity contribution in [3.63, 3.8) is 0 Å². The molecule has 1 unspecified atom stereocenters. The topological polar surface area (TPSA) is 49.8 Å². The Labute approximate surface area is 73.1 Å². The molecule has 4 nitrogen and oxygen atoms in total. The van der Waals surface area contributed by atoms with Crippen LogP contribution in [0.15, 0.2) is 0 Å². The van der Waals surface area contributed by atoms with Gasteiger partial charge in [0.15, 0.2) is 0 Å². The third-order valence-corrected chi connectivity index (χ3v) is 1.84. The second-order valence-electron chi connectivity index (χ2n) is 2.93. The Kier molecular flexibility index (Phi) is 5.66. The van der Waals surface area contributed by atoms with E-state index in [1.54, 1.807) is 7.11 Å². The van der Waals surface area contributed by atoms with Gasteiger partial charge in [-0.05, 0) is 14.0 Å². The fourth-order valence-corrected chi connectivity index (χ4v) is 0.861. The first-order valence-corrected chi connectivity index (χ1v) is 3.99. The zero-order chi connectivity index (χ0) is 9.56. The number of ether oxygens (including phenoxy) is 1. The van der Waals surface area contributed by atoms with Gasteiger partial charge in [-0.2, -0.15) is 0 Å². The highest BCUT2D eigenvalue weighted by atomic mass is 16.5. The van der Waals surface area contributed by atoms with Gasteiger partial charge >= 0.3 is 5.97 Å². The number of methoxy groups -OCH3 is 1. The Morgan fingerprint density at radius 1 is 1.67 bits per heavy atom. The highest BCUT2D eigenvalue weighted by Crippen LogP contribution is 1.96. The quantitative estimate of drug-likeness (QED) is 0.636. The van der Waals surface area contributed by atoms with Crippen molar-refractivity contribution in [2.24, 2.45) is 0 Å². The molecule has 0 bridgehead atoms. The summed E-state index contributed by atoms with van der Waals surface area (Å²) < 4.78 is 4.94. The molecular formula is C8H17NO3. The summed E-state index contributed by atoms with van der Waals surface area (Å²) in [6.45, 7) is 3.21. The van der Waals surface area contributed by atoms with Gasteiger partial charge in [-0.15, -0.1) is 0 Å². The number of carboxylic acid groups (broad SMARTS) is 1. The molecule has 4 heteroatoms. The molecule has 0 radical (unpaired) electrons. The van der Waals surface area contributed by atoms with Crippen molar-refractivity contribution in [2.45, 2.75) is 19.4 Å². The zero-order valence-corrected chi connectivity index (χ0v) is 7.91. The molecule has 0 heterocycles. The SMILES string of the molecule is COCC(C)N(C)CCC(=O)O. The van der Waals surface area contributed by atoms with Gasteiger partial charge in [0.05, 0.1) is 13.0 Å². The lowest BCUT2D eigenvalue weighted by Gasteiger charge is -2.22. The van der Waals surface area contributed by atoms with Crippen molar-refractivity contribution in [3.8, 4) is 0 Å². The number of nitrogens with zero attached hydrogens (tertiary/aromatic N) is 1. The van der Waals surface area contributed by atoms with Crippen LogP contribution in [0.25, 0.3) is 0 Å². The molecule has 1 N–H and O–H groups in total. The van der Waals surface area contributed by atoms with Gasteiger partial charge in [-0.25, -0.2) is 0 Å². The van der Waals surface area contributed by atoms with Gasteiger partial charge in [-0.1, -0.05) is 0 Å². The molecule has 0 saturated heterocycles. The predicted octanol–water partition coefficient (Wildman–Crippen LogP) is 0.428. The smallest absolute Gasteiger partial charge is 0.304 e. The fraction of sp³-hybridized carbons (Fsp3) is 0.875. The van der Waals surface area contributed by atoms with E-state index in [2.05, 4.69) is 0 Å². The minimum absolute atomic E-state index is 0.185. The van der Waals surface area contributed by atoms with E-state index in [1.165, 1.54) is 0 Å². The zero-order valence-electron chi connectivity index (χ0n) is 7.91. The number of likely N-dealkylation sites (N-methyl/N-ethyl adjacent to an activating group) is 1. The molecule has 0 aliphatic heterocycles. The highest BCUT2D eigenvalue weighted by Gasteiger charge is 2.09. The number of carboxylic acids is 1. The molecule has 0 saturated carbocycles. The number of hydrogen-bond acceptors (Lipinski definition) is 3. The third kappa shape index (κ3) is 5.09. The van der Waals surface area contributed by atoms with E-state index >= 15 is 0 Å². The first-order valence-electron chi connectivity index (χ1n) is 3.99. The molecule has 0 fully saturated rings. The Hall–Kier alpha value is -0.610. The van der Waals surface area contributed by atoms with Crippen molar-refractivity contribution in [2.75, 3.05) is 27.3 Å². The largest absolute Gasteiger partial charge is 0.481 e. The van der Waals surface area contributed by atoms with Crippen LogP contribution in [-0.4, -0.2) is 49.3 Å². The molecule has 1 atom stereocenters. The van der Waals surface area contributed by atoms with Crippen molar-refractivity contribution < 1.29 is 14.6 Å². The Balaban J connectivity index is 3.55. The molecule has 0 spiro atoms. The fourth-order valence-electron chi connectivity index (χ4n) is 0.861. The maximum absolute atomic E-state index is 10.2. The number of hydrogen-bond donors (Lipinski definition) is 1. The van der Waals surface area contributed by atoms with E-state index in [0.717, 1.165) is 0 Å². The van der Waals surface area contributed by atoms with Gasteiger partial charge in [0.2, 0.25) is 0 Å². The predicted molar refractivity (Wildman–Crippen MR) is 46.2 cm³/mol. The summed E-state index contributed by atoms with van der Waals surface area (Å²) in [7, 11) is 3.54. The number of aliphatic carboxylic acids is 1. The maximum Gasteiger partial charge on any atom is 0.304 e. The Bertz CT molecular complexity index is 138. The van der Waals surface area contributed by atoms with Crippen LogP contribution >= 0.6 is 0 Å². The molecule has 72 valence electrons. The summed E-state index contributed by atoms with van der Waals surface area (Å²) in [5.41, 5.74) is 0. The normalized spacial score (nSPS) is 13.3. The lowest BCUT2D eigenvalue weighted by atomic mass is 10.3. The van der Waals surface area contributed by atoms with Crippen LogP contribution in [0.5, 0.6) is 0 Å². The van der Waals surface area contributed by atoms with E-state index in [1.807, 2.05) is 18.9 Å². The van der Waals surface area contributed by atoms with Gasteiger partial charge in [-0.3, -0.25) is 4.79 Å². The molecule has 0 amide bonds. The van der Waals surface area contributed by atoms with E-state index < -0.39 is 5.97 Å². The monoisotopic (exact) mass is 175 g/mol. The van der Waals surface area contributed by atoms with Crippen molar-refractivity contribution in [1.29, 1.82) is 0 Å². The summed E-state index contributed by atoms with van der Waals surface area (Å²) in [4.78, 5) is 12.2. The maximum atomic E-state index is 10.2. The van der Waals surface area contributed by atoms with E-state index in [0.29, 0.717) is 13.2 Å². The third-order valence-electron chi connectivity index (χ3n) is 1.84. The number of rotatable bonds is 6. The summed E-state index contributed by atoms with van der Waals surface area (Å²) in [5.74, 6) is -0.758. The summed E-state index contributed by atoms with van der Waals surface area (Å²) in [6.07, 6.45) is 0.185. The van der Waals surface area contributed by atoms with Crippen LogP contribution in [0.1, 0.15) is 13.3 Å². The molecule has 0 aromatic carbocycles. The van der Waals surface area contributed by atoms with Crippen LogP contribution in [0, 0.1) is 0 Å². The van der Waals surface area contributed by atoms with Crippen molar-refractivity contribution in [1.82, 2.24) is 4.90 Å². The lowest BCUT2D eigenvalue weighted by Crippen LogP contribution is -2.34. The summed E-state index contributed by atoms with van der Waals surface area (Å²) >= 11 is 0. The van der Waals surface area contributed by atoms with Crippen molar-refractivity contribution in [3.05, 3.63) is 0 Å². The second-order valence-corrected chi connectivity index (χ2v) is 2.93. The molecule has 0 aromatic rings. The summed E-state index contributed by atoms with van der Waals surface area (Å²) in [6, 6.07) is 0.273. The van der Waals surface area contributed by atoms with Crippen LogP contribution in [0.4, 0.5) is 0 Å². The average molecular weight is 175 g/mol. The van der Waals surface area contributed by atoms with E-state index in [9.17, 15) is 4.79 Å². The molecule has 12 heavy (non-hydrogen) atoms. The van der Waals surface area contributed by atoms with E-state index in [-0.39, 0.29) is 12.5 Å². The highest BCUT2D eigenvalue weighted by molar-refractivity contribution is 5.66. The molecule has 0 aromatic heterocycles. The number of carbonyl (C=O) groups is 1. The van der Waals surface area contributed by atoms with Crippen LogP contribution in [0.3, 0.4) is 0 Å². The van der Waals surface area contributed by atoms with Crippen molar-refractivity contribution >= 4 is 5.97 Å². The standard InChI is InChI=1S/C8H17NO3/c1-7(6-12-3)9(2)5-4-8(10)11/h7H,4-6H2,1-3H3,(H,10,11). The Morgan fingerprint density at radius 3 is 2.67 bits per heavy atom. The minimum atomic E-state index is -0.758. The van der Waals surface area contributed by atoms with Gasteiger partial charge in [0, 0.05) is 19.7 Å². The van der Waals surface area contributed by atoms with Gasteiger partial charge in [0.25, 0.3) is 0 Å². The van der Waals surface area contributed by atoms with Crippen LogP contribution in [0.2, 0.25) is 0 Å². The molecule has 0 rings (SSSR count). The first kappa shape index (κ1) is 11.4. The molecule has 0 aliphatic rings. The summed E-state index contributed by atoms with van der Waals surface area (Å²) in [5, 5.41) is 8.42. The second kappa shape index (κ2) is 5.97. The van der Waals surface area contributed by atoms with Gasteiger partial charge < -0.3 is 14.7 Å². The molecular weight excluding hydrogens is 158 g/mol.